The van der Waals surface area contributed by atoms with Gasteiger partial charge in [0.15, 0.2) is 11.5 Å². The molecule has 0 aromatic carbocycles. The summed E-state index contributed by atoms with van der Waals surface area (Å²) in [6, 6.07) is 0.0931. The highest BCUT2D eigenvalue weighted by atomic mass is 16.5. The summed E-state index contributed by atoms with van der Waals surface area (Å²) >= 11 is 0. The molecule has 0 spiro atoms. The number of nitrogens with zero attached hydrogens (tertiary/aromatic N) is 4. The van der Waals surface area contributed by atoms with Gasteiger partial charge in [-0.25, -0.2) is 15.0 Å². The Morgan fingerprint density at radius 2 is 2.24 bits per heavy atom. The maximum absolute atomic E-state index is 8.87. The van der Waals surface area contributed by atoms with Gasteiger partial charge in [-0.2, -0.15) is 5.48 Å². The van der Waals surface area contributed by atoms with Gasteiger partial charge in [0.25, 0.3) is 0 Å². The van der Waals surface area contributed by atoms with E-state index in [4.69, 9.17) is 10.9 Å². The van der Waals surface area contributed by atoms with Gasteiger partial charge in [0.1, 0.15) is 11.8 Å². The minimum Gasteiger partial charge on any atom is -0.382 e. The smallest absolute Gasteiger partial charge is 0.165 e. The number of nitrogens with two attached hydrogens (primary N) is 1. The Morgan fingerprint density at radius 1 is 1.35 bits per heavy atom. The van der Waals surface area contributed by atoms with Gasteiger partial charge in [0.05, 0.1) is 18.4 Å². The molecule has 0 aliphatic heterocycles. The maximum Gasteiger partial charge on any atom is 0.165 e. The average Bonchev–Trinajstić information content (AvgIpc) is 2.94. The SMILES string of the molecule is Nc1ncnc2c1ncn2[C@H]1C=C[C@@H](NO)C1. The molecule has 2 atom stereocenters. The van der Waals surface area contributed by atoms with Crippen LogP contribution in [0.25, 0.3) is 11.2 Å². The summed E-state index contributed by atoms with van der Waals surface area (Å²) in [5, 5.41) is 8.87. The van der Waals surface area contributed by atoms with Crippen LogP contribution in [0.5, 0.6) is 0 Å². The number of rotatable bonds is 2. The standard InChI is InChI=1S/C10H12N6O/c11-9-8-10(13-4-12-9)16(5-14-8)7-2-1-6(3-7)15-17/h1-2,4-7,15,17H,3H2,(H2,11,12,13)/t6-,7+/m1/s1. The second-order valence-corrected chi connectivity index (χ2v) is 4.01. The fourth-order valence-electron chi connectivity index (χ4n) is 2.09. The first kappa shape index (κ1) is 10.2. The van der Waals surface area contributed by atoms with Gasteiger partial charge in [0, 0.05) is 0 Å². The number of fused-ring (bicyclic) bond motifs is 1. The molecule has 1 aliphatic carbocycles. The van der Waals surface area contributed by atoms with Crippen LogP contribution < -0.4 is 11.2 Å². The number of anilines is 1. The quantitative estimate of drug-likeness (QED) is 0.507. The van der Waals surface area contributed by atoms with Gasteiger partial charge < -0.3 is 15.5 Å². The van der Waals surface area contributed by atoms with Crippen LogP contribution in [0.3, 0.4) is 0 Å². The monoisotopic (exact) mass is 232 g/mol. The topological polar surface area (TPSA) is 102 Å². The van der Waals surface area contributed by atoms with Gasteiger partial charge in [-0.3, -0.25) is 0 Å². The molecular weight excluding hydrogens is 220 g/mol. The molecule has 0 saturated heterocycles. The van der Waals surface area contributed by atoms with Crippen molar-refractivity contribution in [3.8, 4) is 0 Å². The molecule has 0 radical (unpaired) electrons. The average molecular weight is 232 g/mol. The molecular formula is C10H12N6O. The van der Waals surface area contributed by atoms with Crippen LogP contribution in [0.1, 0.15) is 12.5 Å². The number of hydrogen-bond donors (Lipinski definition) is 3. The van der Waals surface area contributed by atoms with Crippen molar-refractivity contribution >= 4 is 17.0 Å². The third kappa shape index (κ3) is 1.56. The Bertz CT molecular complexity index is 577. The van der Waals surface area contributed by atoms with Crippen LogP contribution in [0.2, 0.25) is 0 Å². The summed E-state index contributed by atoms with van der Waals surface area (Å²) in [6.45, 7) is 0. The van der Waals surface area contributed by atoms with E-state index >= 15 is 0 Å². The van der Waals surface area contributed by atoms with E-state index in [-0.39, 0.29) is 12.1 Å². The third-order valence-corrected chi connectivity index (χ3v) is 2.97. The zero-order chi connectivity index (χ0) is 11.8. The van der Waals surface area contributed by atoms with Gasteiger partial charge in [-0.15, -0.1) is 0 Å². The van der Waals surface area contributed by atoms with Crippen molar-refractivity contribution in [3.05, 3.63) is 24.8 Å². The molecule has 0 amide bonds. The molecule has 1 aliphatic rings. The third-order valence-electron chi connectivity index (χ3n) is 2.97. The van der Waals surface area contributed by atoms with Crippen molar-refractivity contribution in [2.45, 2.75) is 18.5 Å². The minimum atomic E-state index is -0.0309. The van der Waals surface area contributed by atoms with Crippen molar-refractivity contribution in [1.82, 2.24) is 25.0 Å². The summed E-state index contributed by atoms with van der Waals surface area (Å²) < 4.78 is 1.93. The molecule has 0 unspecified atom stereocenters. The molecule has 88 valence electrons. The van der Waals surface area contributed by atoms with E-state index in [1.807, 2.05) is 16.7 Å². The number of aromatic nitrogens is 4. The van der Waals surface area contributed by atoms with Crippen molar-refractivity contribution in [2.24, 2.45) is 0 Å². The largest absolute Gasteiger partial charge is 0.382 e. The Labute approximate surface area is 97.0 Å². The first-order valence-electron chi connectivity index (χ1n) is 5.30. The van der Waals surface area contributed by atoms with Crippen molar-refractivity contribution < 1.29 is 5.21 Å². The van der Waals surface area contributed by atoms with Crippen LogP contribution in [0, 0.1) is 0 Å². The highest BCUT2D eigenvalue weighted by molar-refractivity contribution is 5.81. The van der Waals surface area contributed by atoms with Crippen LogP contribution >= 0.6 is 0 Å². The highest BCUT2D eigenvalue weighted by Gasteiger charge is 2.22. The lowest BCUT2D eigenvalue weighted by Crippen LogP contribution is -2.22. The van der Waals surface area contributed by atoms with E-state index in [0.29, 0.717) is 17.0 Å². The fourth-order valence-corrected chi connectivity index (χ4v) is 2.09. The summed E-state index contributed by atoms with van der Waals surface area (Å²) in [7, 11) is 0. The second kappa shape index (κ2) is 3.79. The van der Waals surface area contributed by atoms with E-state index in [2.05, 4.69) is 20.4 Å². The number of imidazole rings is 1. The summed E-state index contributed by atoms with van der Waals surface area (Å²) in [5.41, 5.74) is 9.29. The molecule has 7 heteroatoms. The molecule has 0 fully saturated rings. The lowest BCUT2D eigenvalue weighted by atomic mass is 10.2. The van der Waals surface area contributed by atoms with Gasteiger partial charge in [0.2, 0.25) is 0 Å². The molecule has 7 nitrogen and oxygen atoms in total. The van der Waals surface area contributed by atoms with Gasteiger partial charge in [-0.1, -0.05) is 12.2 Å². The van der Waals surface area contributed by atoms with E-state index < -0.39 is 0 Å². The predicted molar refractivity (Wildman–Crippen MR) is 61.2 cm³/mol. The van der Waals surface area contributed by atoms with E-state index in [1.54, 1.807) is 6.33 Å². The molecule has 3 rings (SSSR count). The van der Waals surface area contributed by atoms with Gasteiger partial charge in [-0.05, 0) is 6.42 Å². The van der Waals surface area contributed by atoms with Crippen LogP contribution in [-0.4, -0.2) is 30.8 Å². The fraction of sp³-hybridized carbons (Fsp3) is 0.300. The molecule has 2 aromatic rings. The van der Waals surface area contributed by atoms with Crippen molar-refractivity contribution in [2.75, 3.05) is 5.73 Å². The Hall–Kier alpha value is -1.99. The van der Waals surface area contributed by atoms with E-state index in [9.17, 15) is 0 Å². The van der Waals surface area contributed by atoms with Gasteiger partial charge >= 0.3 is 0 Å². The Morgan fingerprint density at radius 3 is 3.00 bits per heavy atom. The molecule has 0 bridgehead atoms. The normalized spacial score (nSPS) is 23.6. The number of nitrogens with one attached hydrogen (secondary N) is 1. The lowest BCUT2D eigenvalue weighted by Gasteiger charge is -2.12. The second-order valence-electron chi connectivity index (χ2n) is 4.01. The first-order chi connectivity index (χ1) is 8.29. The summed E-state index contributed by atoms with van der Waals surface area (Å²) in [6.07, 6.45) is 7.81. The number of allylic oxidation sites excluding steroid dienone is 1. The molecule has 4 N–H and O–H groups in total. The predicted octanol–water partition coefficient (Wildman–Crippen LogP) is 0.257. The lowest BCUT2D eigenvalue weighted by molar-refractivity contribution is 0.139. The maximum atomic E-state index is 8.87. The number of nitrogen functional groups attached to an aromatic ring is 1. The zero-order valence-electron chi connectivity index (χ0n) is 8.98. The van der Waals surface area contributed by atoms with E-state index in [1.165, 1.54) is 6.33 Å². The molecule has 0 saturated carbocycles. The van der Waals surface area contributed by atoms with Crippen molar-refractivity contribution in [3.63, 3.8) is 0 Å². The number of hydrogen-bond acceptors (Lipinski definition) is 6. The Balaban J connectivity index is 2.02. The van der Waals surface area contributed by atoms with Crippen LogP contribution in [0.4, 0.5) is 5.82 Å². The zero-order valence-corrected chi connectivity index (χ0v) is 8.98. The minimum absolute atomic E-state index is 0.0309. The summed E-state index contributed by atoms with van der Waals surface area (Å²) in [4.78, 5) is 12.3. The highest BCUT2D eigenvalue weighted by Crippen LogP contribution is 2.26. The van der Waals surface area contributed by atoms with Crippen molar-refractivity contribution in [1.29, 1.82) is 0 Å². The Kier molecular flexibility index (Phi) is 2.27. The first-order valence-corrected chi connectivity index (χ1v) is 5.30. The number of hydroxylamine groups is 1. The molecule has 2 aromatic heterocycles. The summed E-state index contributed by atoms with van der Waals surface area (Å²) in [5.74, 6) is 0.382. The van der Waals surface area contributed by atoms with Crippen LogP contribution in [-0.2, 0) is 0 Å². The van der Waals surface area contributed by atoms with E-state index in [0.717, 1.165) is 6.42 Å². The molecule has 2 heterocycles. The van der Waals surface area contributed by atoms with Crippen LogP contribution in [0.15, 0.2) is 24.8 Å². The molecule has 17 heavy (non-hydrogen) atoms.